The van der Waals surface area contributed by atoms with Crippen molar-refractivity contribution in [3.63, 3.8) is 0 Å². The van der Waals surface area contributed by atoms with Crippen molar-refractivity contribution in [2.24, 2.45) is 0 Å². The Bertz CT molecular complexity index is 149. The van der Waals surface area contributed by atoms with Crippen LogP contribution in [0, 0.1) is 0 Å². The minimum atomic E-state index is -3.25. The van der Waals surface area contributed by atoms with Gasteiger partial charge < -0.3 is 14.0 Å². The molecule has 11 heavy (non-hydrogen) atoms. The molecule has 0 aromatic carbocycles. The van der Waals surface area contributed by atoms with Crippen LogP contribution in [0.5, 0.6) is 0 Å². The van der Waals surface area contributed by atoms with E-state index in [-0.39, 0.29) is 5.60 Å². The fourth-order valence-electron chi connectivity index (χ4n) is 1.44. The minimum Gasteiger partial charge on any atom is -0.390 e. The lowest BCUT2D eigenvalue weighted by Crippen LogP contribution is -2.50. The molecule has 0 aromatic rings. The van der Waals surface area contributed by atoms with Gasteiger partial charge in [-0.2, -0.15) is 0 Å². The van der Waals surface area contributed by atoms with Gasteiger partial charge in [-0.1, -0.05) is 6.92 Å². The molecule has 66 valence electrons. The first kappa shape index (κ1) is 9.19. The summed E-state index contributed by atoms with van der Waals surface area (Å²) in [5.74, 6) is 0. The van der Waals surface area contributed by atoms with Crippen LogP contribution < -0.4 is 0 Å². The van der Waals surface area contributed by atoms with Gasteiger partial charge in [-0.25, -0.2) is 0 Å². The van der Waals surface area contributed by atoms with E-state index >= 15 is 0 Å². The van der Waals surface area contributed by atoms with Crippen LogP contribution >= 0.6 is 0 Å². The summed E-state index contributed by atoms with van der Waals surface area (Å²) in [7, 11) is -3.25. The second kappa shape index (κ2) is 2.86. The zero-order valence-corrected chi connectivity index (χ0v) is 8.13. The van der Waals surface area contributed by atoms with Crippen molar-refractivity contribution in [2.75, 3.05) is 0 Å². The monoisotopic (exact) mass is 176 g/mol. The smallest absolute Gasteiger partial charge is 0.390 e. The number of hydrogen-bond donors (Lipinski definition) is 2. The lowest BCUT2D eigenvalue weighted by molar-refractivity contribution is -0.0141. The summed E-state index contributed by atoms with van der Waals surface area (Å²) in [4.78, 5) is 18.6. The highest BCUT2D eigenvalue weighted by Gasteiger charge is 2.43. The van der Waals surface area contributed by atoms with E-state index in [4.69, 9.17) is 4.43 Å². The lowest BCUT2D eigenvalue weighted by atomic mass is 9.98. The molecular formula is C7H16O3Si. The summed E-state index contributed by atoms with van der Waals surface area (Å²) in [6, 6.07) is 0.461. The highest BCUT2D eigenvalue weighted by atomic mass is 28.4. The molecule has 2 N–H and O–H groups in total. The number of rotatable bonds is 1. The Kier molecular flexibility index (Phi) is 2.39. The van der Waals surface area contributed by atoms with Crippen LogP contribution in [0.4, 0.5) is 0 Å². The zero-order valence-electron chi connectivity index (χ0n) is 7.13. The molecule has 0 amide bonds. The highest BCUT2D eigenvalue weighted by molar-refractivity contribution is 6.58. The predicted molar refractivity (Wildman–Crippen MR) is 44.0 cm³/mol. The Morgan fingerprint density at radius 2 is 2.18 bits per heavy atom. The Hall–Kier alpha value is 0.0969. The molecule has 1 unspecified atom stereocenters. The van der Waals surface area contributed by atoms with Crippen LogP contribution in [0.15, 0.2) is 0 Å². The number of hydrogen-bond acceptors (Lipinski definition) is 3. The van der Waals surface area contributed by atoms with Crippen molar-refractivity contribution < 1.29 is 14.0 Å². The van der Waals surface area contributed by atoms with E-state index in [2.05, 4.69) is 0 Å². The summed E-state index contributed by atoms with van der Waals surface area (Å²) < 4.78 is 5.26. The highest BCUT2D eigenvalue weighted by Crippen LogP contribution is 2.32. The first-order valence-corrected chi connectivity index (χ1v) is 6.13. The van der Waals surface area contributed by atoms with Gasteiger partial charge in [0.25, 0.3) is 0 Å². The topological polar surface area (TPSA) is 49.7 Å². The third-order valence-electron chi connectivity index (χ3n) is 2.37. The Morgan fingerprint density at radius 3 is 2.55 bits per heavy atom. The molecule has 1 aliphatic heterocycles. The van der Waals surface area contributed by atoms with Gasteiger partial charge in [0.2, 0.25) is 0 Å². The van der Waals surface area contributed by atoms with E-state index in [1.54, 1.807) is 0 Å². The largest absolute Gasteiger partial charge is 0.495 e. The molecule has 1 rings (SSSR count). The van der Waals surface area contributed by atoms with Gasteiger partial charge in [0, 0.05) is 6.04 Å². The summed E-state index contributed by atoms with van der Waals surface area (Å²) in [5.41, 5.74) is -0.284. The predicted octanol–water partition coefficient (Wildman–Crippen LogP) is 0.889. The average Bonchev–Trinajstić information content (AvgIpc) is 1.85. The van der Waals surface area contributed by atoms with Gasteiger partial charge in [0.05, 0.1) is 5.60 Å². The van der Waals surface area contributed by atoms with E-state index in [0.717, 1.165) is 19.3 Å². The van der Waals surface area contributed by atoms with E-state index in [1.165, 1.54) is 0 Å². The first-order valence-electron chi connectivity index (χ1n) is 4.12. The molecule has 0 saturated carbocycles. The van der Waals surface area contributed by atoms with Gasteiger partial charge in [0.15, 0.2) is 0 Å². The second-order valence-corrected chi connectivity index (χ2v) is 5.69. The summed E-state index contributed by atoms with van der Waals surface area (Å²) >= 11 is 0. The van der Waals surface area contributed by atoms with Gasteiger partial charge in [-0.15, -0.1) is 0 Å². The molecule has 3 nitrogen and oxygen atoms in total. The van der Waals surface area contributed by atoms with Crippen LogP contribution in [0.1, 0.15) is 33.1 Å². The van der Waals surface area contributed by atoms with Crippen LogP contribution in [0.2, 0.25) is 6.04 Å². The van der Waals surface area contributed by atoms with Crippen LogP contribution in [0.25, 0.3) is 0 Å². The first-order chi connectivity index (χ1) is 4.97. The molecule has 1 aliphatic rings. The van der Waals surface area contributed by atoms with E-state index in [1.807, 2.05) is 13.8 Å². The normalized spacial score (nSPS) is 37.1. The van der Waals surface area contributed by atoms with Crippen molar-refractivity contribution >= 4 is 8.80 Å². The molecule has 0 aromatic heterocycles. The van der Waals surface area contributed by atoms with Crippen LogP contribution in [-0.2, 0) is 4.43 Å². The molecule has 1 saturated heterocycles. The van der Waals surface area contributed by atoms with E-state index < -0.39 is 8.80 Å². The molecule has 0 radical (unpaired) electrons. The molecule has 0 aliphatic carbocycles. The second-order valence-electron chi connectivity index (χ2n) is 3.50. The quantitative estimate of drug-likeness (QED) is 0.583. The minimum absolute atomic E-state index is 0.284. The average molecular weight is 176 g/mol. The van der Waals surface area contributed by atoms with Crippen molar-refractivity contribution in [1.82, 2.24) is 0 Å². The molecule has 0 bridgehead atoms. The molecule has 1 atom stereocenters. The van der Waals surface area contributed by atoms with Crippen molar-refractivity contribution in [3.05, 3.63) is 0 Å². The van der Waals surface area contributed by atoms with E-state index in [9.17, 15) is 9.59 Å². The molecular weight excluding hydrogens is 160 g/mol. The Labute approximate surface area is 68.4 Å². The van der Waals surface area contributed by atoms with Crippen molar-refractivity contribution in [2.45, 2.75) is 44.8 Å². The Balaban J connectivity index is 2.59. The standard InChI is InChI=1S/C7H16O3Si/c1-3-7(2)5-4-6-11(8,9)10-7/h8-9H,3-6H2,1-2H3. The maximum atomic E-state index is 9.31. The van der Waals surface area contributed by atoms with Crippen molar-refractivity contribution in [3.8, 4) is 0 Å². The lowest BCUT2D eigenvalue weighted by Gasteiger charge is -2.38. The van der Waals surface area contributed by atoms with Gasteiger partial charge in [-0.3, -0.25) is 0 Å². The molecule has 1 heterocycles. The maximum Gasteiger partial charge on any atom is 0.495 e. The fourth-order valence-corrected chi connectivity index (χ4v) is 3.21. The van der Waals surface area contributed by atoms with E-state index in [0.29, 0.717) is 6.04 Å². The van der Waals surface area contributed by atoms with Crippen LogP contribution in [-0.4, -0.2) is 24.0 Å². The van der Waals surface area contributed by atoms with Gasteiger partial charge >= 0.3 is 8.80 Å². The van der Waals surface area contributed by atoms with Gasteiger partial charge in [-0.05, 0) is 26.2 Å². The third-order valence-corrected chi connectivity index (χ3v) is 4.19. The zero-order chi connectivity index (χ0) is 8.54. The summed E-state index contributed by atoms with van der Waals surface area (Å²) in [6.07, 6.45) is 2.67. The molecule has 0 spiro atoms. The Morgan fingerprint density at radius 1 is 1.55 bits per heavy atom. The maximum absolute atomic E-state index is 9.31. The molecule has 4 heteroatoms. The van der Waals surface area contributed by atoms with Crippen molar-refractivity contribution in [1.29, 1.82) is 0 Å². The van der Waals surface area contributed by atoms with Gasteiger partial charge in [0.1, 0.15) is 0 Å². The summed E-state index contributed by atoms with van der Waals surface area (Å²) in [6.45, 7) is 3.95. The SMILES string of the molecule is CCC1(C)CCC[Si](O)(O)O1. The third kappa shape index (κ3) is 2.26. The summed E-state index contributed by atoms with van der Waals surface area (Å²) in [5, 5.41) is 0. The molecule has 1 fully saturated rings. The fraction of sp³-hybridized carbons (Fsp3) is 1.00. The van der Waals surface area contributed by atoms with Crippen LogP contribution in [0.3, 0.4) is 0 Å².